The zero-order valence-electron chi connectivity index (χ0n) is 16.4. The highest BCUT2D eigenvalue weighted by Crippen LogP contribution is 2.42. The molecule has 0 bridgehead atoms. The van der Waals surface area contributed by atoms with Crippen molar-refractivity contribution in [1.29, 1.82) is 0 Å². The van der Waals surface area contributed by atoms with Gasteiger partial charge in [-0.3, -0.25) is 4.68 Å². The molecule has 21 heavy (non-hydrogen) atoms. The average Bonchev–Trinajstić information content (AvgIpc) is 2.52. The minimum absolute atomic E-state index is 0.00782. The van der Waals surface area contributed by atoms with Crippen molar-refractivity contribution in [3.63, 3.8) is 0 Å². The lowest BCUT2D eigenvalue weighted by Gasteiger charge is -2.33. The first-order valence-corrected chi connectivity index (χ1v) is 8.12. The van der Waals surface area contributed by atoms with Crippen molar-refractivity contribution in [2.24, 2.45) is 0 Å². The molecule has 0 fully saturated rings. The Labute approximate surface area is 132 Å². The van der Waals surface area contributed by atoms with Gasteiger partial charge in [0.2, 0.25) is 0 Å². The first-order chi connectivity index (χ1) is 8.97. The molecule has 0 aliphatic carbocycles. The van der Waals surface area contributed by atoms with E-state index in [2.05, 4.69) is 87.8 Å². The van der Waals surface area contributed by atoms with Gasteiger partial charge in [0, 0.05) is 22.1 Å². The third kappa shape index (κ3) is 3.70. The summed E-state index contributed by atoms with van der Waals surface area (Å²) in [6, 6.07) is 0. The molecule has 1 rings (SSSR count). The Balaban J connectivity index is 3.93. The van der Waals surface area contributed by atoms with Crippen LogP contribution in [0.2, 0.25) is 0 Å². The number of hydrogen-bond donors (Lipinski definition) is 0. The molecule has 1 aromatic heterocycles. The fourth-order valence-electron chi connectivity index (χ4n) is 2.83. The molecule has 0 aliphatic rings. The second-order valence-corrected chi connectivity index (χ2v) is 10.4. The molecule has 2 heteroatoms. The lowest BCUT2D eigenvalue weighted by atomic mass is 9.74. The summed E-state index contributed by atoms with van der Waals surface area (Å²) in [6.45, 7) is 27.4. The van der Waals surface area contributed by atoms with Crippen LogP contribution >= 0.6 is 0 Å². The van der Waals surface area contributed by atoms with E-state index < -0.39 is 0 Å². The van der Waals surface area contributed by atoms with Crippen molar-refractivity contribution in [1.82, 2.24) is 9.78 Å². The zero-order chi connectivity index (χ0) is 17.0. The Morgan fingerprint density at radius 1 is 0.619 bits per heavy atom. The Kier molecular flexibility index (Phi) is 4.22. The lowest BCUT2D eigenvalue weighted by Crippen LogP contribution is -2.32. The van der Waals surface area contributed by atoms with Gasteiger partial charge in [0.1, 0.15) is 0 Å². The highest BCUT2D eigenvalue weighted by atomic mass is 15.3. The molecule has 0 N–H and O–H groups in total. The maximum absolute atomic E-state index is 5.10. The minimum Gasteiger partial charge on any atom is -0.263 e. The molecule has 2 nitrogen and oxygen atoms in total. The van der Waals surface area contributed by atoms with Crippen LogP contribution in [0.15, 0.2) is 0 Å². The van der Waals surface area contributed by atoms with Gasteiger partial charge in [-0.2, -0.15) is 5.10 Å². The van der Waals surface area contributed by atoms with Crippen molar-refractivity contribution >= 4 is 0 Å². The van der Waals surface area contributed by atoms with E-state index in [1.807, 2.05) is 0 Å². The number of aromatic nitrogens is 2. The van der Waals surface area contributed by atoms with Crippen LogP contribution in [0.25, 0.3) is 0 Å². The summed E-state index contributed by atoms with van der Waals surface area (Å²) in [7, 11) is 0. The van der Waals surface area contributed by atoms with Crippen molar-refractivity contribution in [3.05, 3.63) is 17.0 Å². The van der Waals surface area contributed by atoms with E-state index >= 15 is 0 Å². The molecule has 0 unspecified atom stereocenters. The molecular weight excluding hydrogens is 256 g/mol. The van der Waals surface area contributed by atoms with Crippen LogP contribution in [0.1, 0.15) is 100 Å². The van der Waals surface area contributed by atoms with Crippen molar-refractivity contribution in [2.75, 3.05) is 0 Å². The fraction of sp³-hybridized carbons (Fsp3) is 0.842. The third-order valence-corrected chi connectivity index (χ3v) is 3.69. The molecule has 0 saturated heterocycles. The standard InChI is InChI=1S/C19H36N2/c1-16(2,3)13-14(17(4,5)6)20-21(19(10,11)12)15(13)18(7,8)9/h1-12H3. The Morgan fingerprint density at radius 2 is 1.05 bits per heavy atom. The second-order valence-electron chi connectivity index (χ2n) is 10.4. The first kappa shape index (κ1) is 18.3. The summed E-state index contributed by atoms with van der Waals surface area (Å²) in [6.07, 6.45) is 0. The van der Waals surface area contributed by atoms with Gasteiger partial charge >= 0.3 is 0 Å². The Morgan fingerprint density at radius 3 is 1.29 bits per heavy atom. The summed E-state index contributed by atoms with van der Waals surface area (Å²) >= 11 is 0. The molecule has 0 saturated carbocycles. The highest BCUT2D eigenvalue weighted by Gasteiger charge is 2.39. The predicted molar refractivity (Wildman–Crippen MR) is 93.3 cm³/mol. The summed E-state index contributed by atoms with van der Waals surface area (Å²) in [5.41, 5.74) is 4.27. The van der Waals surface area contributed by atoms with Crippen LogP contribution in [0, 0.1) is 0 Å². The van der Waals surface area contributed by atoms with Crippen LogP contribution in [0.4, 0.5) is 0 Å². The first-order valence-electron chi connectivity index (χ1n) is 8.12. The van der Waals surface area contributed by atoms with E-state index in [4.69, 9.17) is 5.10 Å². The number of hydrogen-bond acceptors (Lipinski definition) is 1. The minimum atomic E-state index is -0.00782. The summed E-state index contributed by atoms with van der Waals surface area (Å²) < 4.78 is 2.27. The number of nitrogens with zero attached hydrogens (tertiary/aromatic N) is 2. The van der Waals surface area contributed by atoms with Gasteiger partial charge in [-0.1, -0.05) is 62.3 Å². The normalized spacial score (nSPS) is 14.7. The maximum Gasteiger partial charge on any atom is 0.0718 e. The van der Waals surface area contributed by atoms with Crippen molar-refractivity contribution < 1.29 is 0 Å². The van der Waals surface area contributed by atoms with E-state index in [1.54, 1.807) is 0 Å². The third-order valence-electron chi connectivity index (χ3n) is 3.69. The zero-order valence-corrected chi connectivity index (χ0v) is 16.4. The van der Waals surface area contributed by atoms with Gasteiger partial charge in [-0.05, 0) is 26.2 Å². The van der Waals surface area contributed by atoms with E-state index in [9.17, 15) is 0 Å². The van der Waals surface area contributed by atoms with Crippen LogP contribution in [-0.2, 0) is 21.8 Å². The van der Waals surface area contributed by atoms with E-state index in [0.29, 0.717) is 0 Å². The average molecular weight is 293 g/mol. The quantitative estimate of drug-likeness (QED) is 0.614. The Hall–Kier alpha value is -0.790. The molecular formula is C19H36N2. The summed E-state index contributed by atoms with van der Waals surface area (Å²) in [5, 5.41) is 5.10. The van der Waals surface area contributed by atoms with Gasteiger partial charge in [-0.15, -0.1) is 0 Å². The van der Waals surface area contributed by atoms with Crippen LogP contribution in [-0.4, -0.2) is 9.78 Å². The topological polar surface area (TPSA) is 17.8 Å². The highest BCUT2D eigenvalue weighted by molar-refractivity contribution is 5.41. The second kappa shape index (κ2) is 4.86. The van der Waals surface area contributed by atoms with Crippen molar-refractivity contribution in [3.8, 4) is 0 Å². The Bertz CT molecular complexity index is 459. The van der Waals surface area contributed by atoms with Gasteiger partial charge in [-0.25, -0.2) is 0 Å². The van der Waals surface area contributed by atoms with E-state index in [0.717, 1.165) is 0 Å². The van der Waals surface area contributed by atoms with Crippen LogP contribution in [0.3, 0.4) is 0 Å². The molecule has 0 aliphatic heterocycles. The van der Waals surface area contributed by atoms with Gasteiger partial charge in [0.05, 0.1) is 11.2 Å². The predicted octanol–water partition coefficient (Wildman–Crippen LogP) is 5.53. The van der Waals surface area contributed by atoms with Gasteiger partial charge in [0.25, 0.3) is 0 Å². The molecule has 0 atom stereocenters. The van der Waals surface area contributed by atoms with Gasteiger partial charge < -0.3 is 0 Å². The van der Waals surface area contributed by atoms with E-state index in [1.165, 1.54) is 17.0 Å². The maximum atomic E-state index is 5.10. The summed E-state index contributed by atoms with van der Waals surface area (Å²) in [5.74, 6) is 0. The largest absolute Gasteiger partial charge is 0.263 e. The smallest absolute Gasteiger partial charge is 0.0718 e. The fourth-order valence-corrected chi connectivity index (χ4v) is 2.83. The monoisotopic (exact) mass is 292 g/mol. The molecule has 122 valence electrons. The lowest BCUT2D eigenvalue weighted by molar-refractivity contribution is 0.316. The summed E-state index contributed by atoms with van der Waals surface area (Å²) in [4.78, 5) is 0. The molecule has 1 aromatic rings. The molecule has 1 heterocycles. The number of rotatable bonds is 0. The molecule has 0 radical (unpaired) electrons. The SMILES string of the molecule is CC(C)(C)c1nn(C(C)(C)C)c(C(C)(C)C)c1C(C)(C)C. The van der Waals surface area contributed by atoms with Crippen LogP contribution < -0.4 is 0 Å². The van der Waals surface area contributed by atoms with Crippen molar-refractivity contribution in [2.45, 2.75) is 105 Å². The molecule has 0 amide bonds. The van der Waals surface area contributed by atoms with E-state index in [-0.39, 0.29) is 21.8 Å². The molecule has 0 spiro atoms. The van der Waals surface area contributed by atoms with Gasteiger partial charge in [0.15, 0.2) is 0 Å². The van der Waals surface area contributed by atoms with Crippen LogP contribution in [0.5, 0.6) is 0 Å². The molecule has 0 aromatic carbocycles.